The third-order valence-corrected chi connectivity index (χ3v) is 3.83. The normalized spacial score (nSPS) is 10.6. The van der Waals surface area contributed by atoms with Crippen LogP contribution in [0.2, 0.25) is 10.0 Å². The first kappa shape index (κ1) is 14.9. The zero-order chi connectivity index (χ0) is 14.7. The molecule has 0 unspecified atom stereocenters. The minimum atomic E-state index is -0.193. The van der Waals surface area contributed by atoms with Crippen LogP contribution in [0.3, 0.4) is 0 Å². The molecule has 0 amide bonds. The van der Waals surface area contributed by atoms with Crippen molar-refractivity contribution in [2.45, 2.75) is 20.1 Å². The second kappa shape index (κ2) is 6.31. The van der Waals surface area contributed by atoms with Crippen molar-refractivity contribution in [2.75, 3.05) is 5.32 Å². The molecule has 20 heavy (non-hydrogen) atoms. The van der Waals surface area contributed by atoms with Crippen LogP contribution in [-0.2, 0) is 13.2 Å². The van der Waals surface area contributed by atoms with E-state index >= 15 is 0 Å². The summed E-state index contributed by atoms with van der Waals surface area (Å²) < 4.78 is 0. The largest absolute Gasteiger partial charge is 0.506 e. The van der Waals surface area contributed by atoms with Crippen molar-refractivity contribution in [3.05, 3.63) is 51.3 Å². The Kier molecular flexibility index (Phi) is 4.70. The summed E-state index contributed by atoms with van der Waals surface area (Å²) in [5, 5.41) is 23.3. The number of aliphatic hydroxyl groups excluding tert-OH is 1. The predicted molar refractivity (Wildman–Crippen MR) is 80.4 cm³/mol. The number of nitrogens with zero attached hydrogens (tertiary/aromatic N) is 1. The molecule has 2 aromatic rings. The Balaban J connectivity index is 2.27. The van der Waals surface area contributed by atoms with Crippen molar-refractivity contribution in [1.29, 1.82) is 0 Å². The van der Waals surface area contributed by atoms with Gasteiger partial charge >= 0.3 is 0 Å². The van der Waals surface area contributed by atoms with E-state index in [-0.39, 0.29) is 12.4 Å². The van der Waals surface area contributed by atoms with Crippen molar-refractivity contribution < 1.29 is 10.2 Å². The van der Waals surface area contributed by atoms with Gasteiger partial charge in [0.2, 0.25) is 0 Å². The van der Waals surface area contributed by atoms with Crippen LogP contribution >= 0.6 is 23.2 Å². The minimum absolute atomic E-state index is 0.0715. The molecule has 4 nitrogen and oxygen atoms in total. The first-order valence-electron chi connectivity index (χ1n) is 5.99. The van der Waals surface area contributed by atoms with E-state index in [1.807, 2.05) is 0 Å². The van der Waals surface area contributed by atoms with Gasteiger partial charge in [-0.25, -0.2) is 0 Å². The molecule has 6 heteroatoms. The third kappa shape index (κ3) is 2.98. The number of halogens is 2. The smallest absolute Gasteiger partial charge is 0.142 e. The molecule has 0 aliphatic rings. The molecule has 3 N–H and O–H groups in total. The predicted octanol–water partition coefficient (Wildman–Crippen LogP) is 3.51. The molecule has 0 fully saturated rings. The number of hydrogen-bond donors (Lipinski definition) is 3. The van der Waals surface area contributed by atoms with Gasteiger partial charge in [-0.1, -0.05) is 29.3 Å². The van der Waals surface area contributed by atoms with Gasteiger partial charge < -0.3 is 15.5 Å². The van der Waals surface area contributed by atoms with Gasteiger partial charge in [-0.2, -0.15) is 0 Å². The molecular weight excluding hydrogens is 299 g/mol. The quantitative estimate of drug-likeness (QED) is 0.808. The number of aromatic nitrogens is 1. The van der Waals surface area contributed by atoms with Crippen molar-refractivity contribution in [2.24, 2.45) is 0 Å². The summed E-state index contributed by atoms with van der Waals surface area (Å²) in [6.07, 6.45) is 1.55. The summed E-state index contributed by atoms with van der Waals surface area (Å²) in [5.41, 5.74) is 2.34. The first-order valence-corrected chi connectivity index (χ1v) is 6.75. The summed E-state index contributed by atoms with van der Waals surface area (Å²) in [7, 11) is 0. The second-order valence-corrected chi connectivity index (χ2v) is 5.09. The van der Waals surface area contributed by atoms with E-state index in [1.54, 1.807) is 31.3 Å². The van der Waals surface area contributed by atoms with Gasteiger partial charge in [0.25, 0.3) is 0 Å². The molecule has 0 atom stereocenters. The Morgan fingerprint density at radius 2 is 2.05 bits per heavy atom. The van der Waals surface area contributed by atoms with Gasteiger partial charge in [-0.15, -0.1) is 0 Å². The van der Waals surface area contributed by atoms with E-state index in [0.717, 1.165) is 0 Å². The van der Waals surface area contributed by atoms with Gasteiger partial charge in [0.15, 0.2) is 0 Å². The van der Waals surface area contributed by atoms with E-state index in [1.165, 1.54) is 0 Å². The number of aromatic hydroxyl groups is 1. The molecule has 0 aliphatic heterocycles. The van der Waals surface area contributed by atoms with Crippen molar-refractivity contribution in [3.63, 3.8) is 0 Å². The van der Waals surface area contributed by atoms with E-state index in [9.17, 15) is 10.2 Å². The second-order valence-electron chi connectivity index (χ2n) is 4.31. The van der Waals surface area contributed by atoms with Crippen LogP contribution in [0.4, 0.5) is 5.69 Å². The van der Waals surface area contributed by atoms with Gasteiger partial charge in [0.05, 0.1) is 28.0 Å². The molecule has 2 rings (SSSR count). The van der Waals surface area contributed by atoms with Crippen molar-refractivity contribution >= 4 is 28.9 Å². The SMILES string of the molecule is Cc1ncc(CO)c(CNc2cccc(Cl)c2Cl)c1O. The number of hydrogen-bond acceptors (Lipinski definition) is 4. The molecule has 0 spiro atoms. The highest BCUT2D eigenvalue weighted by atomic mass is 35.5. The summed E-state index contributed by atoms with van der Waals surface area (Å²) >= 11 is 12.0. The van der Waals surface area contributed by atoms with Crippen molar-refractivity contribution in [1.82, 2.24) is 4.98 Å². The lowest BCUT2D eigenvalue weighted by Gasteiger charge is -2.14. The number of rotatable bonds is 4. The summed E-state index contributed by atoms with van der Waals surface area (Å²) in [6.45, 7) is 1.82. The molecule has 1 aromatic heterocycles. The first-order chi connectivity index (χ1) is 9.54. The Labute approximate surface area is 127 Å². The Hall–Kier alpha value is -1.49. The monoisotopic (exact) mass is 312 g/mol. The molecular formula is C14H14Cl2N2O2. The zero-order valence-electron chi connectivity index (χ0n) is 10.8. The lowest BCUT2D eigenvalue weighted by atomic mass is 10.1. The molecule has 1 aromatic carbocycles. The fourth-order valence-electron chi connectivity index (χ4n) is 1.84. The fraction of sp³-hybridized carbons (Fsp3) is 0.214. The van der Waals surface area contributed by atoms with Crippen LogP contribution in [0, 0.1) is 6.92 Å². The van der Waals surface area contributed by atoms with Crippen LogP contribution in [0.5, 0.6) is 5.75 Å². The molecule has 0 saturated heterocycles. The molecule has 0 bridgehead atoms. The van der Waals surface area contributed by atoms with E-state index in [2.05, 4.69) is 10.3 Å². The number of pyridine rings is 1. The number of aryl methyl sites for hydroxylation is 1. The minimum Gasteiger partial charge on any atom is -0.506 e. The molecule has 1 heterocycles. The zero-order valence-corrected chi connectivity index (χ0v) is 12.3. The standard InChI is InChI=1S/C14H14Cl2N2O2/c1-8-14(20)10(9(7-19)5-17-8)6-18-12-4-2-3-11(15)13(12)16/h2-5,18-20H,6-7H2,1H3. The number of aliphatic hydroxyl groups is 1. The molecule has 0 saturated carbocycles. The van der Waals surface area contributed by atoms with E-state index in [0.29, 0.717) is 39.1 Å². The molecule has 0 aliphatic carbocycles. The maximum atomic E-state index is 10.0. The third-order valence-electron chi connectivity index (χ3n) is 3.01. The van der Waals surface area contributed by atoms with Crippen LogP contribution in [0.25, 0.3) is 0 Å². The number of anilines is 1. The Morgan fingerprint density at radius 3 is 2.75 bits per heavy atom. The maximum Gasteiger partial charge on any atom is 0.142 e. The number of nitrogens with one attached hydrogen (secondary N) is 1. The lowest BCUT2D eigenvalue weighted by Crippen LogP contribution is -2.06. The Bertz CT molecular complexity index is 633. The highest BCUT2D eigenvalue weighted by Crippen LogP contribution is 2.31. The van der Waals surface area contributed by atoms with Crippen LogP contribution in [0.15, 0.2) is 24.4 Å². The topological polar surface area (TPSA) is 65.4 Å². The molecule has 106 valence electrons. The van der Waals surface area contributed by atoms with Crippen LogP contribution < -0.4 is 5.32 Å². The summed E-state index contributed by atoms with van der Waals surface area (Å²) in [6, 6.07) is 5.27. The fourth-order valence-corrected chi connectivity index (χ4v) is 2.21. The highest BCUT2D eigenvalue weighted by molar-refractivity contribution is 6.43. The van der Waals surface area contributed by atoms with Gasteiger partial charge in [0.1, 0.15) is 5.75 Å². The Morgan fingerprint density at radius 1 is 1.30 bits per heavy atom. The van der Waals surface area contributed by atoms with Crippen molar-refractivity contribution in [3.8, 4) is 5.75 Å². The van der Waals surface area contributed by atoms with Gasteiger partial charge in [0, 0.05) is 23.9 Å². The summed E-state index contributed by atoms with van der Waals surface area (Å²) in [5.74, 6) is 0.0715. The average Bonchev–Trinajstić information content (AvgIpc) is 2.44. The van der Waals surface area contributed by atoms with Crippen LogP contribution in [0.1, 0.15) is 16.8 Å². The average molecular weight is 313 g/mol. The van der Waals surface area contributed by atoms with E-state index < -0.39 is 0 Å². The van der Waals surface area contributed by atoms with Crippen LogP contribution in [-0.4, -0.2) is 15.2 Å². The van der Waals surface area contributed by atoms with Gasteiger partial charge in [-0.3, -0.25) is 4.98 Å². The van der Waals surface area contributed by atoms with Gasteiger partial charge in [-0.05, 0) is 19.1 Å². The number of benzene rings is 1. The maximum absolute atomic E-state index is 10.0. The highest BCUT2D eigenvalue weighted by Gasteiger charge is 2.12. The lowest BCUT2D eigenvalue weighted by molar-refractivity contribution is 0.279. The van der Waals surface area contributed by atoms with E-state index in [4.69, 9.17) is 23.2 Å². The summed E-state index contributed by atoms with van der Waals surface area (Å²) in [4.78, 5) is 4.01. The molecule has 0 radical (unpaired) electrons.